The quantitative estimate of drug-likeness (QED) is 0.157. The van der Waals surface area contributed by atoms with Gasteiger partial charge in [-0.05, 0) is 79.4 Å². The molecule has 13 nitrogen and oxygen atoms in total. The Kier molecular flexibility index (Phi) is 10.1. The van der Waals surface area contributed by atoms with E-state index >= 15 is 0 Å². The van der Waals surface area contributed by atoms with Crippen molar-refractivity contribution in [3.05, 3.63) is 90.4 Å². The second-order valence-corrected chi connectivity index (χ2v) is 14.0. The summed E-state index contributed by atoms with van der Waals surface area (Å²) in [4.78, 5) is 67.0. The van der Waals surface area contributed by atoms with Gasteiger partial charge < -0.3 is 19.9 Å². The maximum Gasteiger partial charge on any atom is 0.493 e. The Balaban J connectivity index is 1.29. The number of ketones is 1. The molecule has 3 aromatic carbocycles. The summed E-state index contributed by atoms with van der Waals surface area (Å²) in [7, 11) is -3.57. The van der Waals surface area contributed by atoms with Crippen LogP contribution in [-0.4, -0.2) is 89.5 Å². The van der Waals surface area contributed by atoms with Gasteiger partial charge in [-0.3, -0.25) is 19.4 Å². The van der Waals surface area contributed by atoms with E-state index in [2.05, 4.69) is 14.8 Å². The van der Waals surface area contributed by atoms with Crippen LogP contribution < -0.4 is 5.73 Å². The van der Waals surface area contributed by atoms with E-state index in [1.165, 1.54) is 36.5 Å². The van der Waals surface area contributed by atoms with Gasteiger partial charge in [0.2, 0.25) is 11.7 Å². The average molecular weight is 738 g/mol. The molecule has 1 atom stereocenters. The van der Waals surface area contributed by atoms with Crippen LogP contribution in [0.5, 0.6) is 0 Å². The van der Waals surface area contributed by atoms with Crippen LogP contribution in [-0.2, 0) is 24.3 Å². The molecular formula is C35H30F3N5O8S. The van der Waals surface area contributed by atoms with Crippen LogP contribution >= 0.6 is 0 Å². The Morgan fingerprint density at radius 1 is 0.981 bits per heavy atom. The number of fused-ring (bicyclic) bond motifs is 2. The van der Waals surface area contributed by atoms with Crippen molar-refractivity contribution >= 4 is 55.4 Å². The number of nitrogens with two attached hydrogens (primary N) is 1. The summed E-state index contributed by atoms with van der Waals surface area (Å²) < 4.78 is 70.9. The molecule has 17 heteroatoms. The lowest BCUT2D eigenvalue weighted by molar-refractivity contribution is -0.228. The molecule has 2 aromatic heterocycles. The fraction of sp³-hybridized carbons (Fsp3) is 0.257. The fourth-order valence-corrected chi connectivity index (χ4v) is 7.19. The van der Waals surface area contributed by atoms with Gasteiger partial charge in [0.1, 0.15) is 18.1 Å². The molecule has 0 bridgehead atoms. The summed E-state index contributed by atoms with van der Waals surface area (Å²) in [6.07, 6.45) is -3.46. The van der Waals surface area contributed by atoms with Gasteiger partial charge >= 0.3 is 12.1 Å². The highest BCUT2D eigenvalue weighted by Crippen LogP contribution is 2.29. The number of nitrogens with zero attached hydrogens (tertiary/aromatic N) is 4. The molecule has 1 aliphatic heterocycles. The van der Waals surface area contributed by atoms with Crippen LogP contribution in [0.25, 0.3) is 33.1 Å². The van der Waals surface area contributed by atoms with Gasteiger partial charge in [-0.2, -0.15) is 18.2 Å². The van der Waals surface area contributed by atoms with Crippen molar-refractivity contribution in [2.45, 2.75) is 36.4 Å². The monoisotopic (exact) mass is 737 g/mol. The first kappa shape index (κ1) is 36.1. The number of amides is 2. The summed E-state index contributed by atoms with van der Waals surface area (Å²) in [5.41, 5.74) is 7.22. The number of aromatic nitrogens is 2. The number of carbonyl (C=O) groups is 4. The number of hydrogen-bond acceptors (Lipinski definition) is 11. The summed E-state index contributed by atoms with van der Waals surface area (Å²) in [6, 6.07) is 17.4. The predicted molar refractivity (Wildman–Crippen MR) is 179 cm³/mol. The fourth-order valence-electron chi connectivity index (χ4n) is 5.86. The number of oxazole rings is 1. The van der Waals surface area contributed by atoms with Gasteiger partial charge in [-0.1, -0.05) is 30.3 Å². The van der Waals surface area contributed by atoms with Gasteiger partial charge in [0, 0.05) is 18.1 Å². The molecule has 0 spiro atoms. The number of pyridine rings is 1. The number of carbonyl (C=O) groups excluding carboxylic acids is 4. The topological polar surface area (TPSA) is 183 Å². The Bertz CT molecular complexity index is 2260. The molecule has 6 rings (SSSR count). The van der Waals surface area contributed by atoms with Crippen molar-refractivity contribution in [2.24, 2.45) is 5.73 Å². The minimum atomic E-state index is -5.52. The van der Waals surface area contributed by atoms with Gasteiger partial charge in [0.05, 0.1) is 21.7 Å². The molecule has 52 heavy (non-hydrogen) atoms. The van der Waals surface area contributed by atoms with E-state index in [0.717, 1.165) is 4.90 Å². The molecule has 0 radical (unpaired) electrons. The van der Waals surface area contributed by atoms with E-state index in [9.17, 15) is 40.8 Å². The zero-order valence-electron chi connectivity index (χ0n) is 27.2. The number of hydrogen-bond donors (Lipinski definition) is 1. The van der Waals surface area contributed by atoms with Crippen LogP contribution in [0.1, 0.15) is 40.3 Å². The standard InChI is InChI=1S/C35H30F3N5O8S/c36-35(37,38)34(47)51-43(20-30(44)42-17-3-6-28(42)31(45)32-41-27-5-1-2-7-29(27)50-32)33(46)24-14-16-40-26-13-10-22(19-25(24)26)21-8-11-23(12-9-21)52(48,49)18-4-15-39/h1-2,5,7-14,16,19,28H,3-4,6,15,17-18,20,39H2/t28-/m0/s1. The van der Waals surface area contributed by atoms with Crippen LogP contribution in [0.4, 0.5) is 13.2 Å². The molecule has 270 valence electrons. The highest BCUT2D eigenvalue weighted by atomic mass is 32.2. The summed E-state index contributed by atoms with van der Waals surface area (Å²) >= 11 is 0. The van der Waals surface area contributed by atoms with E-state index in [1.54, 1.807) is 42.5 Å². The number of sulfone groups is 1. The van der Waals surface area contributed by atoms with Crippen LogP contribution in [0, 0.1) is 0 Å². The molecule has 1 fully saturated rings. The molecule has 2 N–H and O–H groups in total. The average Bonchev–Trinajstić information content (AvgIpc) is 3.81. The Morgan fingerprint density at radius 2 is 1.71 bits per heavy atom. The molecule has 0 unspecified atom stereocenters. The maximum absolute atomic E-state index is 13.9. The van der Waals surface area contributed by atoms with E-state index < -0.39 is 52.2 Å². The molecule has 5 aromatic rings. The van der Waals surface area contributed by atoms with Gasteiger partial charge in [0.15, 0.2) is 15.4 Å². The number of rotatable bonds is 10. The Hall–Kier alpha value is -5.68. The number of halogens is 3. The van der Waals surface area contributed by atoms with Crippen LogP contribution in [0.2, 0.25) is 0 Å². The summed E-state index contributed by atoms with van der Waals surface area (Å²) in [5, 5.41) is 0.148. The maximum atomic E-state index is 13.9. The Labute approximate surface area is 294 Å². The van der Waals surface area contributed by atoms with Crippen molar-refractivity contribution in [1.82, 2.24) is 19.9 Å². The number of alkyl halides is 3. The highest BCUT2D eigenvalue weighted by Gasteiger charge is 2.45. The Morgan fingerprint density at radius 3 is 2.42 bits per heavy atom. The normalized spacial score (nSPS) is 14.8. The van der Waals surface area contributed by atoms with Crippen molar-refractivity contribution in [3.8, 4) is 11.1 Å². The zero-order chi connectivity index (χ0) is 37.2. The minimum Gasteiger partial charge on any atom is -0.434 e. The van der Waals surface area contributed by atoms with E-state index in [-0.39, 0.29) is 64.0 Å². The van der Waals surface area contributed by atoms with Crippen molar-refractivity contribution < 1.29 is 50.0 Å². The summed E-state index contributed by atoms with van der Waals surface area (Å²) in [6.45, 7) is -0.912. The lowest BCUT2D eigenvalue weighted by Gasteiger charge is -2.27. The third-order valence-electron chi connectivity index (χ3n) is 8.45. The van der Waals surface area contributed by atoms with Gasteiger partial charge in [-0.25, -0.2) is 18.2 Å². The number of hydroxylamine groups is 2. The molecule has 3 heterocycles. The largest absolute Gasteiger partial charge is 0.493 e. The molecule has 1 saturated heterocycles. The van der Waals surface area contributed by atoms with Crippen LogP contribution in [0.3, 0.4) is 0 Å². The van der Waals surface area contributed by atoms with Crippen molar-refractivity contribution in [2.75, 3.05) is 25.4 Å². The molecule has 0 saturated carbocycles. The predicted octanol–water partition coefficient (Wildman–Crippen LogP) is 4.50. The smallest absolute Gasteiger partial charge is 0.434 e. The SMILES string of the molecule is NCCCS(=O)(=O)c1ccc(-c2ccc3nccc(C(=O)N(CC(=O)N4CCC[C@H]4C(=O)c4nc5ccccc5o4)OC(=O)C(F)(F)F)c3c2)cc1. The number of Topliss-reactive ketones (excluding diaryl/α,β-unsaturated/α-hetero) is 1. The third-order valence-corrected chi connectivity index (χ3v) is 10.3. The second-order valence-electron chi connectivity index (χ2n) is 11.9. The molecule has 1 aliphatic rings. The lowest BCUT2D eigenvalue weighted by Crippen LogP contribution is -2.48. The lowest BCUT2D eigenvalue weighted by atomic mass is 10.0. The number of likely N-dealkylation sites (tertiary alicyclic amines) is 1. The first-order valence-corrected chi connectivity index (χ1v) is 17.6. The molecular weight excluding hydrogens is 707 g/mol. The highest BCUT2D eigenvalue weighted by molar-refractivity contribution is 7.91. The van der Waals surface area contributed by atoms with E-state index in [1.807, 2.05) is 0 Å². The van der Waals surface area contributed by atoms with E-state index in [4.69, 9.17) is 10.2 Å². The number of benzene rings is 3. The minimum absolute atomic E-state index is 0.0138. The van der Waals surface area contributed by atoms with E-state index in [0.29, 0.717) is 28.6 Å². The van der Waals surface area contributed by atoms with Crippen LogP contribution in [0.15, 0.2) is 88.3 Å². The van der Waals surface area contributed by atoms with Gasteiger partial charge in [0.25, 0.3) is 11.8 Å². The first-order valence-electron chi connectivity index (χ1n) is 16.0. The van der Waals surface area contributed by atoms with Gasteiger partial charge in [-0.15, -0.1) is 0 Å². The molecule has 0 aliphatic carbocycles. The summed E-state index contributed by atoms with van der Waals surface area (Å²) in [5.74, 6) is -5.99. The van der Waals surface area contributed by atoms with Crippen molar-refractivity contribution in [1.29, 1.82) is 0 Å². The second kappa shape index (κ2) is 14.5. The third kappa shape index (κ3) is 7.50. The first-order chi connectivity index (χ1) is 24.8. The zero-order valence-corrected chi connectivity index (χ0v) is 28.0. The number of para-hydroxylation sites is 2. The van der Waals surface area contributed by atoms with Crippen molar-refractivity contribution in [3.63, 3.8) is 0 Å². The molecule has 2 amide bonds.